The van der Waals surface area contributed by atoms with Crippen LogP contribution in [0.4, 0.5) is 0 Å². The van der Waals surface area contributed by atoms with Crippen molar-refractivity contribution in [2.75, 3.05) is 0 Å². The van der Waals surface area contributed by atoms with E-state index in [4.69, 9.17) is 16.9 Å². The molecule has 0 saturated carbocycles. The van der Waals surface area contributed by atoms with E-state index < -0.39 is 5.24 Å². The van der Waals surface area contributed by atoms with Gasteiger partial charge in [0, 0.05) is 6.20 Å². The van der Waals surface area contributed by atoms with E-state index in [-0.39, 0.29) is 11.1 Å². The lowest BCUT2D eigenvalue weighted by atomic mass is 10.1. The third-order valence-electron chi connectivity index (χ3n) is 1.46. The van der Waals surface area contributed by atoms with Gasteiger partial charge in [-0.05, 0) is 24.6 Å². The molecule has 0 aliphatic heterocycles. The van der Waals surface area contributed by atoms with Gasteiger partial charge in [0.05, 0.1) is 16.8 Å². The van der Waals surface area contributed by atoms with Crippen molar-refractivity contribution in [3.8, 4) is 6.07 Å². The standard InChI is InChI=1S/C8H5ClN2O/c1-5-7(4-10)6(8(9)12)2-3-11-5/h2-3H,1H3. The number of carbonyl (C=O) groups excluding carboxylic acids is 1. The molecule has 0 N–H and O–H groups in total. The summed E-state index contributed by atoms with van der Waals surface area (Å²) < 4.78 is 0. The summed E-state index contributed by atoms with van der Waals surface area (Å²) in [5.41, 5.74) is 0.980. The van der Waals surface area contributed by atoms with Gasteiger partial charge >= 0.3 is 0 Å². The van der Waals surface area contributed by atoms with E-state index in [0.717, 1.165) is 0 Å². The minimum absolute atomic E-state index is 0.215. The molecule has 4 heteroatoms. The maximum atomic E-state index is 10.8. The summed E-state index contributed by atoms with van der Waals surface area (Å²) in [5, 5.41) is 8.02. The van der Waals surface area contributed by atoms with E-state index >= 15 is 0 Å². The van der Waals surface area contributed by atoms with E-state index in [9.17, 15) is 4.79 Å². The number of carbonyl (C=O) groups is 1. The maximum Gasteiger partial charge on any atom is 0.253 e. The lowest BCUT2D eigenvalue weighted by Gasteiger charge is -1.98. The summed E-state index contributed by atoms with van der Waals surface area (Å²) in [6, 6.07) is 3.31. The number of halogens is 1. The highest BCUT2D eigenvalue weighted by atomic mass is 35.5. The summed E-state index contributed by atoms with van der Waals surface area (Å²) in [6.07, 6.45) is 1.45. The average Bonchev–Trinajstić information content (AvgIpc) is 2.03. The van der Waals surface area contributed by atoms with Crippen LogP contribution in [0.3, 0.4) is 0 Å². The number of aromatic nitrogens is 1. The molecule has 3 nitrogen and oxygen atoms in total. The Balaban J connectivity index is 3.40. The van der Waals surface area contributed by atoms with Crippen molar-refractivity contribution in [3.05, 3.63) is 29.1 Å². The minimum atomic E-state index is -0.628. The first kappa shape index (κ1) is 8.69. The Morgan fingerprint density at radius 3 is 2.83 bits per heavy atom. The fourth-order valence-electron chi connectivity index (χ4n) is 0.871. The second kappa shape index (κ2) is 3.33. The number of nitriles is 1. The van der Waals surface area contributed by atoms with Crippen LogP contribution in [0.2, 0.25) is 0 Å². The number of hydrogen-bond donors (Lipinski definition) is 0. The summed E-state index contributed by atoms with van der Waals surface area (Å²) in [7, 11) is 0. The molecule has 0 aliphatic rings. The van der Waals surface area contributed by atoms with Crippen LogP contribution in [0.25, 0.3) is 0 Å². The van der Waals surface area contributed by atoms with Gasteiger partial charge in [0.1, 0.15) is 6.07 Å². The van der Waals surface area contributed by atoms with Gasteiger partial charge in [0.15, 0.2) is 0 Å². The Hall–Kier alpha value is -1.40. The topological polar surface area (TPSA) is 53.8 Å². The molecular formula is C8H5ClN2O. The van der Waals surface area contributed by atoms with Crippen LogP contribution >= 0.6 is 11.6 Å². The van der Waals surface area contributed by atoms with Gasteiger partial charge in [-0.3, -0.25) is 9.78 Å². The summed E-state index contributed by atoms with van der Waals surface area (Å²) in [6.45, 7) is 1.65. The zero-order valence-corrected chi connectivity index (χ0v) is 7.09. The van der Waals surface area contributed by atoms with Crippen molar-refractivity contribution in [3.63, 3.8) is 0 Å². The van der Waals surface area contributed by atoms with Crippen LogP contribution in [0, 0.1) is 18.3 Å². The molecule has 0 fully saturated rings. The van der Waals surface area contributed by atoms with Crippen LogP contribution in [0.5, 0.6) is 0 Å². The van der Waals surface area contributed by atoms with Crippen LogP contribution in [-0.2, 0) is 0 Å². The first-order chi connectivity index (χ1) is 5.66. The van der Waals surface area contributed by atoms with Gasteiger partial charge in [0.25, 0.3) is 5.24 Å². The summed E-state index contributed by atoms with van der Waals surface area (Å²) in [4.78, 5) is 14.6. The Morgan fingerprint density at radius 1 is 1.75 bits per heavy atom. The van der Waals surface area contributed by atoms with Crippen molar-refractivity contribution >= 4 is 16.8 Å². The van der Waals surface area contributed by atoms with Crippen LogP contribution in [-0.4, -0.2) is 10.2 Å². The molecular weight excluding hydrogens is 176 g/mol. The SMILES string of the molecule is Cc1nccc(C(=O)Cl)c1C#N. The molecule has 0 radical (unpaired) electrons. The number of nitrogens with zero attached hydrogens (tertiary/aromatic N) is 2. The predicted molar refractivity (Wildman–Crippen MR) is 43.9 cm³/mol. The highest BCUT2D eigenvalue weighted by Crippen LogP contribution is 2.12. The summed E-state index contributed by atoms with van der Waals surface area (Å²) in [5.74, 6) is 0. The molecule has 0 bridgehead atoms. The van der Waals surface area contributed by atoms with E-state index in [1.54, 1.807) is 6.92 Å². The molecule has 0 atom stereocenters. The van der Waals surface area contributed by atoms with Gasteiger partial charge in [-0.15, -0.1) is 0 Å². The van der Waals surface area contributed by atoms with E-state index in [1.807, 2.05) is 6.07 Å². The second-order valence-corrected chi connectivity index (χ2v) is 2.55. The largest absolute Gasteiger partial charge is 0.276 e. The third-order valence-corrected chi connectivity index (χ3v) is 1.67. The third kappa shape index (κ3) is 1.44. The van der Waals surface area contributed by atoms with Gasteiger partial charge in [0.2, 0.25) is 0 Å². The molecule has 12 heavy (non-hydrogen) atoms. The summed E-state index contributed by atoms with van der Waals surface area (Å²) >= 11 is 5.24. The van der Waals surface area contributed by atoms with Gasteiger partial charge in [-0.1, -0.05) is 0 Å². The first-order valence-corrected chi connectivity index (χ1v) is 3.60. The van der Waals surface area contributed by atoms with Gasteiger partial charge in [-0.2, -0.15) is 5.26 Å². The van der Waals surface area contributed by atoms with Crippen LogP contribution in [0.1, 0.15) is 21.6 Å². The van der Waals surface area contributed by atoms with E-state index in [1.165, 1.54) is 12.3 Å². The lowest BCUT2D eigenvalue weighted by Crippen LogP contribution is -1.98. The fourth-order valence-corrected chi connectivity index (χ4v) is 1.03. The highest BCUT2D eigenvalue weighted by molar-refractivity contribution is 6.68. The Labute approximate surface area is 74.6 Å². The molecule has 1 heterocycles. The normalized spacial score (nSPS) is 9.08. The molecule has 1 aromatic rings. The molecule has 1 aromatic heterocycles. The van der Waals surface area contributed by atoms with Crippen molar-refractivity contribution < 1.29 is 4.79 Å². The second-order valence-electron chi connectivity index (χ2n) is 2.20. The molecule has 0 saturated heterocycles. The average molecular weight is 181 g/mol. The molecule has 60 valence electrons. The maximum absolute atomic E-state index is 10.8. The molecule has 0 unspecified atom stereocenters. The quantitative estimate of drug-likeness (QED) is 0.618. The Kier molecular flexibility index (Phi) is 2.41. The van der Waals surface area contributed by atoms with E-state index in [2.05, 4.69) is 4.98 Å². The number of pyridine rings is 1. The van der Waals surface area contributed by atoms with Crippen molar-refractivity contribution in [2.45, 2.75) is 6.92 Å². The Morgan fingerprint density at radius 2 is 2.42 bits per heavy atom. The first-order valence-electron chi connectivity index (χ1n) is 3.22. The Bertz CT molecular complexity index is 368. The zero-order valence-electron chi connectivity index (χ0n) is 6.34. The van der Waals surface area contributed by atoms with Crippen molar-refractivity contribution in [1.29, 1.82) is 5.26 Å². The van der Waals surface area contributed by atoms with Crippen LogP contribution in [0.15, 0.2) is 12.3 Å². The number of aryl methyl sites for hydroxylation is 1. The highest BCUT2D eigenvalue weighted by Gasteiger charge is 2.10. The minimum Gasteiger partial charge on any atom is -0.276 e. The lowest BCUT2D eigenvalue weighted by molar-refractivity contribution is 0.108. The number of hydrogen-bond acceptors (Lipinski definition) is 3. The monoisotopic (exact) mass is 180 g/mol. The van der Waals surface area contributed by atoms with Gasteiger partial charge < -0.3 is 0 Å². The van der Waals surface area contributed by atoms with Crippen molar-refractivity contribution in [1.82, 2.24) is 4.98 Å². The molecule has 0 aromatic carbocycles. The van der Waals surface area contributed by atoms with Gasteiger partial charge in [-0.25, -0.2) is 0 Å². The number of rotatable bonds is 1. The molecule has 1 rings (SSSR count). The van der Waals surface area contributed by atoms with Crippen molar-refractivity contribution in [2.24, 2.45) is 0 Å². The molecule has 0 aliphatic carbocycles. The zero-order chi connectivity index (χ0) is 9.14. The molecule has 0 spiro atoms. The van der Waals surface area contributed by atoms with E-state index in [0.29, 0.717) is 5.69 Å². The smallest absolute Gasteiger partial charge is 0.253 e. The fraction of sp³-hybridized carbons (Fsp3) is 0.125. The van der Waals surface area contributed by atoms with Crippen LogP contribution < -0.4 is 0 Å². The predicted octanol–water partition coefficient (Wildman–Crippen LogP) is 1.64. The molecule has 0 amide bonds.